The van der Waals surface area contributed by atoms with E-state index in [1.165, 1.54) is 0 Å². The van der Waals surface area contributed by atoms with Crippen LogP contribution in [0, 0.1) is 5.41 Å². The minimum absolute atomic E-state index is 0.0730. The van der Waals surface area contributed by atoms with E-state index in [9.17, 15) is 5.11 Å². The van der Waals surface area contributed by atoms with Gasteiger partial charge in [0.2, 0.25) is 0 Å². The summed E-state index contributed by atoms with van der Waals surface area (Å²) in [7, 11) is 0. The number of amidine groups is 1. The zero-order valence-corrected chi connectivity index (χ0v) is 12.0. The van der Waals surface area contributed by atoms with Gasteiger partial charge in [0, 0.05) is 23.1 Å². The van der Waals surface area contributed by atoms with Crippen LogP contribution in [-0.2, 0) is 0 Å². The van der Waals surface area contributed by atoms with Gasteiger partial charge < -0.3 is 15.7 Å². The first-order chi connectivity index (χ1) is 8.39. The van der Waals surface area contributed by atoms with Gasteiger partial charge in [0.1, 0.15) is 5.84 Å². The maximum Gasteiger partial charge on any atom is 0.122 e. The first-order valence-electron chi connectivity index (χ1n) is 6.00. The van der Waals surface area contributed by atoms with Crippen LogP contribution in [0.3, 0.4) is 0 Å². The van der Waals surface area contributed by atoms with Gasteiger partial charge in [-0.2, -0.15) is 0 Å². The first-order valence-corrected chi connectivity index (χ1v) is 6.80. The quantitative estimate of drug-likeness (QED) is 0.578. The summed E-state index contributed by atoms with van der Waals surface area (Å²) in [6, 6.07) is 5.69. The number of hydrogen-bond donors (Lipinski definition) is 3. The molecule has 1 saturated heterocycles. The van der Waals surface area contributed by atoms with Crippen molar-refractivity contribution < 1.29 is 5.11 Å². The van der Waals surface area contributed by atoms with Crippen LogP contribution in [0.5, 0.6) is 0 Å². The van der Waals surface area contributed by atoms with E-state index < -0.39 is 5.60 Å². The van der Waals surface area contributed by atoms with Crippen molar-refractivity contribution in [2.24, 2.45) is 5.73 Å². The predicted octanol–water partition coefficient (Wildman–Crippen LogP) is 2.08. The maximum atomic E-state index is 9.94. The number of halogens is 1. The molecule has 0 amide bonds. The SMILES string of the molecule is CC1(O)CCN(c2ccc(C(=N)N)cc2Br)CC1. The van der Waals surface area contributed by atoms with Crippen LogP contribution in [0.4, 0.5) is 5.69 Å². The number of nitrogens with zero attached hydrogens (tertiary/aromatic N) is 1. The largest absolute Gasteiger partial charge is 0.390 e. The second-order valence-electron chi connectivity index (χ2n) is 5.06. The fraction of sp³-hybridized carbons (Fsp3) is 0.462. The molecule has 0 aromatic heterocycles. The maximum absolute atomic E-state index is 9.94. The number of rotatable bonds is 2. The van der Waals surface area contributed by atoms with Gasteiger partial charge >= 0.3 is 0 Å². The summed E-state index contributed by atoms with van der Waals surface area (Å²) in [5.74, 6) is 0.0730. The smallest absolute Gasteiger partial charge is 0.122 e. The fourth-order valence-electron chi connectivity index (χ4n) is 2.16. The van der Waals surface area contributed by atoms with Gasteiger partial charge in [-0.3, -0.25) is 5.41 Å². The van der Waals surface area contributed by atoms with Crippen LogP contribution in [0.2, 0.25) is 0 Å². The molecule has 1 aromatic carbocycles. The van der Waals surface area contributed by atoms with Crippen LogP contribution >= 0.6 is 15.9 Å². The highest BCUT2D eigenvalue weighted by molar-refractivity contribution is 9.10. The summed E-state index contributed by atoms with van der Waals surface area (Å²) >= 11 is 3.52. The van der Waals surface area contributed by atoms with Crippen molar-refractivity contribution in [2.45, 2.75) is 25.4 Å². The molecule has 0 unspecified atom stereocenters. The van der Waals surface area contributed by atoms with Gasteiger partial charge in [0.15, 0.2) is 0 Å². The van der Waals surface area contributed by atoms with E-state index in [1.807, 2.05) is 25.1 Å². The summed E-state index contributed by atoms with van der Waals surface area (Å²) in [4.78, 5) is 2.24. The van der Waals surface area contributed by atoms with E-state index in [2.05, 4.69) is 20.8 Å². The average molecular weight is 312 g/mol. The van der Waals surface area contributed by atoms with Crippen molar-refractivity contribution in [2.75, 3.05) is 18.0 Å². The highest BCUT2D eigenvalue weighted by atomic mass is 79.9. The van der Waals surface area contributed by atoms with Crippen LogP contribution in [-0.4, -0.2) is 29.6 Å². The molecule has 4 N–H and O–H groups in total. The van der Waals surface area contributed by atoms with Gasteiger partial charge in [-0.15, -0.1) is 0 Å². The third-order valence-electron chi connectivity index (χ3n) is 3.44. The van der Waals surface area contributed by atoms with Gasteiger partial charge in [-0.05, 0) is 53.9 Å². The highest BCUT2D eigenvalue weighted by Gasteiger charge is 2.28. The molecule has 1 aliphatic heterocycles. The van der Waals surface area contributed by atoms with Gasteiger partial charge in [0.05, 0.1) is 11.3 Å². The van der Waals surface area contributed by atoms with Crippen LogP contribution in [0.25, 0.3) is 0 Å². The molecule has 2 rings (SSSR count). The summed E-state index contributed by atoms with van der Waals surface area (Å²) in [6.45, 7) is 3.56. The Hall–Kier alpha value is -1.07. The van der Waals surface area contributed by atoms with Crippen molar-refractivity contribution in [3.05, 3.63) is 28.2 Å². The molecule has 0 bridgehead atoms. The molecule has 0 atom stereocenters. The Kier molecular flexibility index (Phi) is 3.64. The Morgan fingerprint density at radius 3 is 2.56 bits per heavy atom. The summed E-state index contributed by atoms with van der Waals surface area (Å²) in [5.41, 5.74) is 6.73. The summed E-state index contributed by atoms with van der Waals surface area (Å²) in [5, 5.41) is 17.4. The molecular formula is C13H18BrN3O. The average Bonchev–Trinajstić information content (AvgIpc) is 2.29. The number of anilines is 1. The monoisotopic (exact) mass is 311 g/mol. The number of hydrogen-bond acceptors (Lipinski definition) is 3. The molecule has 1 fully saturated rings. The molecule has 1 aliphatic rings. The molecule has 4 nitrogen and oxygen atoms in total. The molecule has 98 valence electrons. The molecule has 0 spiro atoms. The van der Waals surface area contributed by atoms with E-state index in [-0.39, 0.29) is 5.84 Å². The van der Waals surface area contributed by atoms with E-state index in [0.717, 1.165) is 41.7 Å². The zero-order valence-electron chi connectivity index (χ0n) is 10.4. The number of nitrogen functional groups attached to an aromatic ring is 1. The van der Waals surface area contributed by atoms with E-state index in [0.29, 0.717) is 0 Å². The second kappa shape index (κ2) is 4.90. The standard InChI is InChI=1S/C13H18BrN3O/c1-13(18)4-6-17(7-5-13)11-3-2-9(12(15)16)8-10(11)14/h2-3,8,18H,4-7H2,1H3,(H3,15,16). The minimum Gasteiger partial charge on any atom is -0.390 e. The third kappa shape index (κ3) is 2.84. The van der Waals surface area contributed by atoms with Crippen molar-refractivity contribution >= 4 is 27.5 Å². The lowest BCUT2D eigenvalue weighted by Crippen LogP contribution is -2.42. The topological polar surface area (TPSA) is 73.3 Å². The van der Waals surface area contributed by atoms with Crippen LogP contribution in [0.1, 0.15) is 25.3 Å². The Morgan fingerprint density at radius 2 is 2.06 bits per heavy atom. The summed E-state index contributed by atoms with van der Waals surface area (Å²) < 4.78 is 0.941. The number of nitrogens with one attached hydrogen (secondary N) is 1. The van der Waals surface area contributed by atoms with Crippen molar-refractivity contribution in [1.82, 2.24) is 0 Å². The summed E-state index contributed by atoms with van der Waals surface area (Å²) in [6.07, 6.45) is 1.54. The molecular weight excluding hydrogens is 294 g/mol. The van der Waals surface area contributed by atoms with E-state index in [1.54, 1.807) is 0 Å². The third-order valence-corrected chi connectivity index (χ3v) is 4.08. The van der Waals surface area contributed by atoms with Gasteiger partial charge in [0.25, 0.3) is 0 Å². The number of piperidine rings is 1. The van der Waals surface area contributed by atoms with Crippen LogP contribution in [0.15, 0.2) is 22.7 Å². The van der Waals surface area contributed by atoms with Gasteiger partial charge in [-0.25, -0.2) is 0 Å². The Labute approximate surface area is 115 Å². The fourth-order valence-corrected chi connectivity index (χ4v) is 2.79. The molecule has 1 aromatic rings. The Morgan fingerprint density at radius 1 is 1.44 bits per heavy atom. The molecule has 0 saturated carbocycles. The number of nitrogens with two attached hydrogens (primary N) is 1. The van der Waals surface area contributed by atoms with Crippen molar-refractivity contribution in [3.63, 3.8) is 0 Å². The number of aliphatic hydroxyl groups is 1. The number of benzene rings is 1. The van der Waals surface area contributed by atoms with Crippen LogP contribution < -0.4 is 10.6 Å². The lowest BCUT2D eigenvalue weighted by atomic mass is 9.93. The minimum atomic E-state index is -0.539. The molecule has 0 aliphatic carbocycles. The van der Waals surface area contributed by atoms with E-state index in [4.69, 9.17) is 11.1 Å². The molecule has 18 heavy (non-hydrogen) atoms. The van der Waals surface area contributed by atoms with Crippen molar-refractivity contribution in [3.8, 4) is 0 Å². The van der Waals surface area contributed by atoms with E-state index >= 15 is 0 Å². The molecule has 0 radical (unpaired) electrons. The zero-order chi connectivity index (χ0) is 13.3. The first kappa shape index (κ1) is 13.4. The normalized spacial score (nSPS) is 18.7. The second-order valence-corrected chi connectivity index (χ2v) is 5.92. The lowest BCUT2D eigenvalue weighted by molar-refractivity contribution is 0.0351. The lowest BCUT2D eigenvalue weighted by Gasteiger charge is -2.37. The van der Waals surface area contributed by atoms with Gasteiger partial charge in [-0.1, -0.05) is 0 Å². The molecule has 1 heterocycles. The molecule has 5 heteroatoms. The van der Waals surface area contributed by atoms with Crippen molar-refractivity contribution in [1.29, 1.82) is 5.41 Å². The highest BCUT2D eigenvalue weighted by Crippen LogP contribution is 2.31. The predicted molar refractivity (Wildman–Crippen MR) is 77.2 cm³/mol. The Bertz CT molecular complexity index is 463. The Balaban J connectivity index is 2.17.